The Morgan fingerprint density at radius 1 is 1.22 bits per heavy atom. The van der Waals surface area contributed by atoms with Gasteiger partial charge in [0.05, 0.1) is 12.8 Å². The Balaban J connectivity index is 1.82. The average molecular weight is 311 g/mol. The van der Waals surface area contributed by atoms with Crippen LogP contribution in [0.25, 0.3) is 0 Å². The fraction of sp³-hybridized carbons (Fsp3) is 0.278. The Morgan fingerprint density at radius 2 is 1.91 bits per heavy atom. The summed E-state index contributed by atoms with van der Waals surface area (Å²) in [6, 6.07) is 10.8. The highest BCUT2D eigenvalue weighted by Gasteiger charge is 2.02. The molecule has 0 aliphatic carbocycles. The van der Waals surface area contributed by atoms with Crippen molar-refractivity contribution in [2.75, 3.05) is 6.61 Å². The molecular formula is C18H21N3O2. The van der Waals surface area contributed by atoms with E-state index in [-0.39, 0.29) is 5.91 Å². The fourth-order valence-corrected chi connectivity index (χ4v) is 1.80. The largest absolute Gasteiger partial charge is 0.494 e. The fourth-order valence-electron chi connectivity index (χ4n) is 1.80. The molecule has 0 aliphatic rings. The van der Waals surface area contributed by atoms with Crippen LogP contribution in [0, 0.1) is 5.92 Å². The molecule has 1 N–H and O–H groups in total. The number of carbonyl (C=O) groups is 1. The van der Waals surface area contributed by atoms with Gasteiger partial charge in [-0.15, -0.1) is 0 Å². The van der Waals surface area contributed by atoms with Crippen molar-refractivity contribution in [1.82, 2.24) is 10.4 Å². The third-order valence-electron chi connectivity index (χ3n) is 3.17. The first kappa shape index (κ1) is 16.7. The molecule has 1 amide bonds. The highest BCUT2D eigenvalue weighted by molar-refractivity contribution is 5.94. The number of hydrogen-bond donors (Lipinski definition) is 1. The van der Waals surface area contributed by atoms with Gasteiger partial charge in [-0.1, -0.05) is 13.8 Å². The van der Waals surface area contributed by atoms with Gasteiger partial charge in [-0.2, -0.15) is 5.10 Å². The van der Waals surface area contributed by atoms with E-state index in [1.54, 1.807) is 30.7 Å². The maximum Gasteiger partial charge on any atom is 0.271 e. The number of pyridine rings is 1. The third kappa shape index (κ3) is 5.90. The monoisotopic (exact) mass is 311 g/mol. The molecule has 0 saturated heterocycles. The zero-order valence-corrected chi connectivity index (χ0v) is 13.4. The lowest BCUT2D eigenvalue weighted by molar-refractivity contribution is 0.0955. The Bertz CT molecular complexity index is 637. The highest BCUT2D eigenvalue weighted by Crippen LogP contribution is 2.12. The minimum Gasteiger partial charge on any atom is -0.494 e. The molecule has 0 bridgehead atoms. The quantitative estimate of drug-likeness (QED) is 0.630. The molecule has 0 atom stereocenters. The maximum atomic E-state index is 11.8. The smallest absolute Gasteiger partial charge is 0.271 e. The molecule has 5 heteroatoms. The van der Waals surface area contributed by atoms with Gasteiger partial charge in [-0.25, -0.2) is 5.43 Å². The minimum atomic E-state index is -0.266. The first-order valence-electron chi connectivity index (χ1n) is 7.61. The lowest BCUT2D eigenvalue weighted by Gasteiger charge is -2.07. The molecular weight excluding hydrogens is 290 g/mol. The molecule has 120 valence electrons. The van der Waals surface area contributed by atoms with Crippen LogP contribution in [0.2, 0.25) is 0 Å². The summed E-state index contributed by atoms with van der Waals surface area (Å²) in [4.78, 5) is 15.7. The van der Waals surface area contributed by atoms with E-state index in [1.807, 2.05) is 24.3 Å². The molecule has 2 rings (SSSR count). The maximum absolute atomic E-state index is 11.8. The zero-order chi connectivity index (χ0) is 16.5. The van der Waals surface area contributed by atoms with Gasteiger partial charge >= 0.3 is 0 Å². The zero-order valence-electron chi connectivity index (χ0n) is 13.4. The highest BCUT2D eigenvalue weighted by atomic mass is 16.5. The summed E-state index contributed by atoms with van der Waals surface area (Å²) < 4.78 is 5.65. The van der Waals surface area contributed by atoms with Gasteiger partial charge < -0.3 is 4.74 Å². The Hall–Kier alpha value is -2.69. The first-order valence-corrected chi connectivity index (χ1v) is 7.61. The van der Waals surface area contributed by atoms with Crippen LogP contribution in [0.5, 0.6) is 5.75 Å². The number of nitrogens with zero attached hydrogens (tertiary/aromatic N) is 2. The van der Waals surface area contributed by atoms with E-state index in [9.17, 15) is 4.79 Å². The van der Waals surface area contributed by atoms with Crippen molar-refractivity contribution in [3.63, 3.8) is 0 Å². The third-order valence-corrected chi connectivity index (χ3v) is 3.17. The van der Waals surface area contributed by atoms with Crippen LogP contribution in [0.15, 0.2) is 53.9 Å². The lowest BCUT2D eigenvalue weighted by atomic mass is 10.1. The van der Waals surface area contributed by atoms with Gasteiger partial charge in [0.2, 0.25) is 0 Å². The van der Waals surface area contributed by atoms with Crippen LogP contribution in [0.1, 0.15) is 36.2 Å². The number of nitrogens with one attached hydrogen (secondary N) is 1. The van der Waals surface area contributed by atoms with Crippen LogP contribution in [0.4, 0.5) is 0 Å². The van der Waals surface area contributed by atoms with E-state index >= 15 is 0 Å². The predicted molar refractivity (Wildman–Crippen MR) is 90.7 cm³/mol. The number of rotatable bonds is 7. The van der Waals surface area contributed by atoms with Crippen molar-refractivity contribution in [2.45, 2.75) is 20.3 Å². The van der Waals surface area contributed by atoms with E-state index in [0.717, 1.165) is 17.7 Å². The van der Waals surface area contributed by atoms with Crippen molar-refractivity contribution in [3.8, 4) is 5.75 Å². The second kappa shape index (κ2) is 8.68. The first-order chi connectivity index (χ1) is 11.1. The number of hydrogen-bond acceptors (Lipinski definition) is 4. The summed E-state index contributed by atoms with van der Waals surface area (Å²) in [6.07, 6.45) is 5.76. The van der Waals surface area contributed by atoms with Crippen LogP contribution in [-0.2, 0) is 0 Å². The van der Waals surface area contributed by atoms with E-state index in [1.165, 1.54) is 0 Å². The molecule has 1 heterocycles. The summed E-state index contributed by atoms with van der Waals surface area (Å²) in [5.74, 6) is 1.20. The summed E-state index contributed by atoms with van der Waals surface area (Å²) >= 11 is 0. The number of carbonyl (C=O) groups excluding carboxylic acids is 1. The average Bonchev–Trinajstić information content (AvgIpc) is 2.57. The molecule has 0 spiro atoms. The molecule has 1 aromatic carbocycles. The van der Waals surface area contributed by atoms with Gasteiger partial charge in [0.1, 0.15) is 5.75 Å². The lowest BCUT2D eigenvalue weighted by Crippen LogP contribution is -2.17. The SMILES string of the molecule is CC(C)CCOc1ccc(/C=N\NC(=O)c2ccncc2)cc1. The molecule has 23 heavy (non-hydrogen) atoms. The number of hydrazone groups is 1. The van der Waals surface area contributed by atoms with E-state index in [4.69, 9.17) is 4.74 Å². The van der Waals surface area contributed by atoms with Gasteiger partial charge in [-0.05, 0) is 54.3 Å². The van der Waals surface area contributed by atoms with Crippen molar-refractivity contribution < 1.29 is 9.53 Å². The number of benzene rings is 1. The second-order valence-corrected chi connectivity index (χ2v) is 5.54. The Morgan fingerprint density at radius 3 is 2.57 bits per heavy atom. The molecule has 5 nitrogen and oxygen atoms in total. The standard InChI is InChI=1S/C18H21N3O2/c1-14(2)9-12-23-17-5-3-15(4-6-17)13-20-21-18(22)16-7-10-19-11-8-16/h3-8,10-11,13-14H,9,12H2,1-2H3,(H,21,22)/b20-13-. The molecule has 0 fully saturated rings. The van der Waals surface area contributed by atoms with Gasteiger partial charge in [-0.3, -0.25) is 9.78 Å². The van der Waals surface area contributed by atoms with Gasteiger partial charge in [0, 0.05) is 18.0 Å². The second-order valence-electron chi connectivity index (χ2n) is 5.54. The molecule has 0 aliphatic heterocycles. The van der Waals surface area contributed by atoms with Crippen LogP contribution < -0.4 is 10.2 Å². The molecule has 2 aromatic rings. The van der Waals surface area contributed by atoms with Crippen molar-refractivity contribution >= 4 is 12.1 Å². The molecule has 0 radical (unpaired) electrons. The van der Waals surface area contributed by atoms with Crippen LogP contribution in [-0.4, -0.2) is 23.7 Å². The number of amides is 1. The van der Waals surface area contributed by atoms with Crippen LogP contribution >= 0.6 is 0 Å². The Kier molecular flexibility index (Phi) is 6.29. The Labute approximate surface area is 136 Å². The topological polar surface area (TPSA) is 63.6 Å². The summed E-state index contributed by atoms with van der Waals surface area (Å²) in [5, 5.41) is 3.95. The van der Waals surface area contributed by atoms with Crippen molar-refractivity contribution in [3.05, 3.63) is 59.9 Å². The molecule has 0 unspecified atom stereocenters. The number of aromatic nitrogens is 1. The van der Waals surface area contributed by atoms with Crippen molar-refractivity contribution in [1.29, 1.82) is 0 Å². The van der Waals surface area contributed by atoms with Gasteiger partial charge in [0.25, 0.3) is 5.91 Å². The van der Waals surface area contributed by atoms with E-state index < -0.39 is 0 Å². The van der Waals surface area contributed by atoms with Crippen LogP contribution in [0.3, 0.4) is 0 Å². The summed E-state index contributed by atoms with van der Waals surface area (Å²) in [7, 11) is 0. The predicted octanol–water partition coefficient (Wildman–Crippen LogP) is 3.27. The normalized spacial score (nSPS) is 10.9. The van der Waals surface area contributed by atoms with Gasteiger partial charge in [0.15, 0.2) is 0 Å². The molecule has 1 aromatic heterocycles. The van der Waals surface area contributed by atoms with E-state index in [0.29, 0.717) is 18.1 Å². The molecule has 0 saturated carbocycles. The summed E-state index contributed by atoms with van der Waals surface area (Å²) in [6.45, 7) is 5.05. The van der Waals surface area contributed by atoms with Crippen molar-refractivity contribution in [2.24, 2.45) is 11.0 Å². The summed E-state index contributed by atoms with van der Waals surface area (Å²) in [5.41, 5.74) is 3.89. The van der Waals surface area contributed by atoms with E-state index in [2.05, 4.69) is 29.4 Å². The minimum absolute atomic E-state index is 0.266. The number of ether oxygens (including phenoxy) is 1.